The summed E-state index contributed by atoms with van der Waals surface area (Å²) in [6.07, 6.45) is 19.4. The highest BCUT2D eigenvalue weighted by atomic mass is 16.5. The van der Waals surface area contributed by atoms with Gasteiger partial charge in [0, 0.05) is 6.54 Å². The fourth-order valence-electron chi connectivity index (χ4n) is 5.41. The van der Waals surface area contributed by atoms with Crippen LogP contribution in [0.15, 0.2) is 48.5 Å². The van der Waals surface area contributed by atoms with Crippen LogP contribution in [0.1, 0.15) is 121 Å². The number of benzene rings is 2. The Bertz CT molecular complexity index is 1090. The van der Waals surface area contributed by atoms with E-state index in [0.717, 1.165) is 41.1 Å². The number of fused-ring (bicyclic) bond motifs is 1. The number of nitrogens with one attached hydrogen (secondary N) is 1. The summed E-state index contributed by atoms with van der Waals surface area (Å²) in [5.41, 5.74) is 3.11. The molecule has 3 aromatic rings. The maximum absolute atomic E-state index is 12.8. The molecule has 1 heterocycles. The predicted molar refractivity (Wildman–Crippen MR) is 163 cm³/mol. The molecule has 0 saturated carbocycles. The van der Waals surface area contributed by atoms with Crippen molar-refractivity contribution in [2.75, 3.05) is 7.11 Å². The van der Waals surface area contributed by atoms with Crippen LogP contribution < -0.4 is 10.1 Å². The summed E-state index contributed by atoms with van der Waals surface area (Å²) < 4.78 is 7.53. The fraction of sp³-hybridized carbons (Fsp3) is 0.588. The van der Waals surface area contributed by atoms with E-state index in [1.165, 1.54) is 83.5 Å². The van der Waals surface area contributed by atoms with E-state index >= 15 is 0 Å². The third kappa shape index (κ3) is 10.7. The molecule has 1 N–H and O–H groups in total. The molecule has 0 spiro atoms. The zero-order valence-electron chi connectivity index (χ0n) is 24.7. The number of para-hydroxylation sites is 2. The van der Waals surface area contributed by atoms with Gasteiger partial charge in [0.1, 0.15) is 11.6 Å². The number of unbranched alkanes of at least 4 members (excludes halogenated alkanes) is 13. The number of nitrogens with zero attached hydrogens (tertiary/aromatic N) is 2. The Balaban J connectivity index is 1.40. The first-order chi connectivity index (χ1) is 19.1. The first-order valence-electron chi connectivity index (χ1n) is 15.5. The monoisotopic (exact) mass is 533 g/mol. The number of ether oxygens (including phenoxy) is 1. The number of rotatable bonds is 20. The van der Waals surface area contributed by atoms with Crippen LogP contribution in [0.25, 0.3) is 11.0 Å². The Morgan fingerprint density at radius 1 is 0.821 bits per heavy atom. The quantitative estimate of drug-likeness (QED) is 0.147. The highest BCUT2D eigenvalue weighted by molar-refractivity contribution is 5.79. The van der Waals surface area contributed by atoms with E-state index in [1.807, 2.05) is 37.3 Å². The van der Waals surface area contributed by atoms with Crippen molar-refractivity contribution in [2.45, 2.75) is 123 Å². The first kappa shape index (κ1) is 30.7. The van der Waals surface area contributed by atoms with Gasteiger partial charge in [-0.3, -0.25) is 4.79 Å². The van der Waals surface area contributed by atoms with Gasteiger partial charge in [-0.25, -0.2) is 4.98 Å². The lowest BCUT2D eigenvalue weighted by molar-refractivity contribution is -0.121. The van der Waals surface area contributed by atoms with E-state index in [2.05, 4.69) is 35.0 Å². The molecule has 0 bridgehead atoms. The number of carbonyl (C=O) groups is 1. The zero-order valence-corrected chi connectivity index (χ0v) is 24.7. The second kappa shape index (κ2) is 17.7. The second-order valence-electron chi connectivity index (χ2n) is 11.0. The van der Waals surface area contributed by atoms with E-state index in [4.69, 9.17) is 9.72 Å². The molecule has 214 valence electrons. The minimum absolute atomic E-state index is 0.00256. The van der Waals surface area contributed by atoms with Crippen LogP contribution in [-0.4, -0.2) is 22.6 Å². The first-order valence-corrected chi connectivity index (χ1v) is 15.5. The topological polar surface area (TPSA) is 56.2 Å². The van der Waals surface area contributed by atoms with Crippen molar-refractivity contribution in [3.63, 3.8) is 0 Å². The number of aromatic nitrogens is 2. The van der Waals surface area contributed by atoms with Crippen molar-refractivity contribution in [3.8, 4) is 5.75 Å². The average Bonchev–Trinajstić information content (AvgIpc) is 3.32. The van der Waals surface area contributed by atoms with Gasteiger partial charge in [-0.1, -0.05) is 115 Å². The van der Waals surface area contributed by atoms with Crippen molar-refractivity contribution < 1.29 is 9.53 Å². The molecule has 0 aliphatic carbocycles. The standard InChI is InChI=1S/C34H51N3O2/c1-4-5-6-7-8-9-10-11-12-13-14-15-16-19-26-37-32-21-18-17-20-31(32)36-34(37)28(2)35-33(38)27-29-22-24-30(39-3)25-23-29/h17-18,20-25,28H,4-16,19,26-27H2,1-3H3,(H,35,38). The van der Waals surface area contributed by atoms with Gasteiger partial charge in [0.2, 0.25) is 5.91 Å². The van der Waals surface area contributed by atoms with Crippen LogP contribution in [0.4, 0.5) is 0 Å². The molecule has 5 nitrogen and oxygen atoms in total. The summed E-state index contributed by atoms with van der Waals surface area (Å²) in [5, 5.41) is 3.17. The normalized spacial score (nSPS) is 12.1. The lowest BCUT2D eigenvalue weighted by Crippen LogP contribution is -2.30. The van der Waals surface area contributed by atoms with Crippen molar-refractivity contribution in [1.82, 2.24) is 14.9 Å². The summed E-state index contributed by atoms with van der Waals surface area (Å²) in [7, 11) is 1.65. The van der Waals surface area contributed by atoms with Gasteiger partial charge in [-0.15, -0.1) is 0 Å². The fourth-order valence-corrected chi connectivity index (χ4v) is 5.41. The Labute approximate surface area is 236 Å². The second-order valence-corrected chi connectivity index (χ2v) is 11.0. The maximum Gasteiger partial charge on any atom is 0.224 e. The molecule has 1 atom stereocenters. The third-order valence-corrected chi connectivity index (χ3v) is 7.71. The van der Waals surface area contributed by atoms with E-state index in [1.54, 1.807) is 7.11 Å². The van der Waals surface area contributed by atoms with Crippen LogP contribution in [-0.2, 0) is 17.8 Å². The van der Waals surface area contributed by atoms with Gasteiger partial charge < -0.3 is 14.6 Å². The van der Waals surface area contributed by atoms with Crippen LogP contribution in [0, 0.1) is 0 Å². The van der Waals surface area contributed by atoms with Crippen LogP contribution in [0.2, 0.25) is 0 Å². The number of methoxy groups -OCH3 is 1. The summed E-state index contributed by atoms with van der Waals surface area (Å²) in [4.78, 5) is 17.7. The highest BCUT2D eigenvalue weighted by Gasteiger charge is 2.18. The number of carbonyl (C=O) groups excluding carboxylic acids is 1. The van der Waals surface area contributed by atoms with E-state index in [0.29, 0.717) is 6.42 Å². The van der Waals surface area contributed by atoms with Gasteiger partial charge in [-0.05, 0) is 43.2 Å². The lowest BCUT2D eigenvalue weighted by Gasteiger charge is -2.16. The smallest absolute Gasteiger partial charge is 0.224 e. The minimum Gasteiger partial charge on any atom is -0.497 e. The molecule has 1 aromatic heterocycles. The lowest BCUT2D eigenvalue weighted by atomic mass is 10.0. The SMILES string of the molecule is CCCCCCCCCCCCCCCCn1c(C(C)NC(=O)Cc2ccc(OC)cc2)nc2ccccc21. The zero-order chi connectivity index (χ0) is 27.7. The Morgan fingerprint density at radius 2 is 1.38 bits per heavy atom. The van der Waals surface area contributed by atoms with Gasteiger partial charge in [0.25, 0.3) is 0 Å². The van der Waals surface area contributed by atoms with E-state index < -0.39 is 0 Å². The van der Waals surface area contributed by atoms with Crippen LogP contribution in [0.3, 0.4) is 0 Å². The van der Waals surface area contributed by atoms with E-state index in [9.17, 15) is 4.79 Å². The van der Waals surface area contributed by atoms with Gasteiger partial charge in [-0.2, -0.15) is 0 Å². The molecule has 0 aliphatic heterocycles. The minimum atomic E-state index is -0.158. The molecule has 39 heavy (non-hydrogen) atoms. The molecule has 0 radical (unpaired) electrons. The number of hydrogen-bond donors (Lipinski definition) is 1. The number of imidazole rings is 1. The maximum atomic E-state index is 12.8. The van der Waals surface area contributed by atoms with Gasteiger partial charge in [0.05, 0.1) is 30.6 Å². The van der Waals surface area contributed by atoms with Crippen molar-refractivity contribution >= 4 is 16.9 Å². The molecule has 1 unspecified atom stereocenters. The largest absolute Gasteiger partial charge is 0.497 e. The molecular formula is C34H51N3O2. The predicted octanol–water partition coefficient (Wildman–Crippen LogP) is 8.95. The molecule has 0 fully saturated rings. The molecule has 2 aromatic carbocycles. The summed E-state index contributed by atoms with van der Waals surface area (Å²) in [5.74, 6) is 1.74. The van der Waals surface area contributed by atoms with Crippen molar-refractivity contribution in [3.05, 3.63) is 59.9 Å². The Morgan fingerprint density at radius 3 is 1.97 bits per heavy atom. The van der Waals surface area contributed by atoms with Crippen molar-refractivity contribution in [2.24, 2.45) is 0 Å². The Hall–Kier alpha value is -2.82. The Kier molecular flexibility index (Phi) is 13.9. The molecule has 1 amide bonds. The number of hydrogen-bond acceptors (Lipinski definition) is 3. The van der Waals surface area contributed by atoms with E-state index in [-0.39, 0.29) is 11.9 Å². The molecule has 3 rings (SSSR count). The summed E-state index contributed by atoms with van der Waals surface area (Å²) >= 11 is 0. The van der Waals surface area contributed by atoms with Gasteiger partial charge >= 0.3 is 0 Å². The summed E-state index contributed by atoms with van der Waals surface area (Å²) in [6, 6.07) is 15.8. The molecular weight excluding hydrogens is 482 g/mol. The van der Waals surface area contributed by atoms with Gasteiger partial charge in [0.15, 0.2) is 0 Å². The summed E-state index contributed by atoms with van der Waals surface area (Å²) in [6.45, 7) is 5.26. The number of aryl methyl sites for hydroxylation is 1. The van der Waals surface area contributed by atoms with Crippen molar-refractivity contribution in [1.29, 1.82) is 0 Å². The van der Waals surface area contributed by atoms with Crippen LogP contribution in [0.5, 0.6) is 5.75 Å². The third-order valence-electron chi connectivity index (χ3n) is 7.71. The number of amides is 1. The van der Waals surface area contributed by atoms with Crippen LogP contribution >= 0.6 is 0 Å². The molecule has 0 saturated heterocycles. The average molecular weight is 534 g/mol. The highest BCUT2D eigenvalue weighted by Crippen LogP contribution is 2.22. The molecule has 5 heteroatoms. The molecule has 0 aliphatic rings.